The van der Waals surface area contributed by atoms with E-state index in [0.29, 0.717) is 18.0 Å². The molecule has 4 rings (SSSR count). The first-order valence-electron chi connectivity index (χ1n) is 9.82. The number of phenols is 1. The van der Waals surface area contributed by atoms with E-state index < -0.39 is 22.3 Å². The van der Waals surface area contributed by atoms with Gasteiger partial charge in [0.1, 0.15) is 11.6 Å². The number of anilines is 1. The maximum absolute atomic E-state index is 13.8. The molecule has 29 heavy (non-hydrogen) atoms. The number of nitrogens with zero attached hydrogens (tertiary/aromatic N) is 2. The number of hydrogen-bond donors (Lipinski definition) is 4. The van der Waals surface area contributed by atoms with Gasteiger partial charge in [0.2, 0.25) is 0 Å². The van der Waals surface area contributed by atoms with Gasteiger partial charge in [-0.3, -0.25) is 18.3 Å². The Hall–Kier alpha value is -1.84. The van der Waals surface area contributed by atoms with E-state index in [1.54, 1.807) is 22.5 Å². The summed E-state index contributed by atoms with van der Waals surface area (Å²) in [7, 11) is -3.20. The fraction of sp³-hybridized carbons (Fsp3) is 0.429. The van der Waals surface area contributed by atoms with Gasteiger partial charge in [-0.2, -0.15) is 4.72 Å². The van der Waals surface area contributed by atoms with Crippen molar-refractivity contribution in [2.45, 2.75) is 44.8 Å². The molecule has 2 atom stereocenters. The van der Waals surface area contributed by atoms with E-state index >= 15 is 0 Å². The summed E-state index contributed by atoms with van der Waals surface area (Å²) < 4.78 is 39.6. The maximum atomic E-state index is 13.8. The Bertz CT molecular complexity index is 912. The Labute approximate surface area is 172 Å². The lowest BCUT2D eigenvalue weighted by Gasteiger charge is -2.51. The highest BCUT2D eigenvalue weighted by Gasteiger charge is 2.52. The number of benzene rings is 2. The van der Waals surface area contributed by atoms with Crippen LogP contribution in [0.5, 0.6) is 5.75 Å². The molecule has 0 amide bonds. The Kier molecular flexibility index (Phi) is 5.25. The number of aromatic hydroxyl groups is 1. The molecular formula is C21H28FN3O3S. The number of phenolic OH excluding ortho intramolecular Hbond substituents is 1. The van der Waals surface area contributed by atoms with Gasteiger partial charge in [0.15, 0.2) is 0 Å². The molecule has 2 fully saturated rings. The van der Waals surface area contributed by atoms with Crippen LogP contribution in [0.25, 0.3) is 0 Å². The number of piperidine rings is 1. The average Bonchev–Trinajstić information content (AvgIpc) is 2.91. The van der Waals surface area contributed by atoms with E-state index in [2.05, 4.69) is 16.5 Å². The van der Waals surface area contributed by atoms with Crippen molar-refractivity contribution in [3.05, 3.63) is 59.4 Å². The molecule has 2 aliphatic rings. The highest BCUT2D eigenvalue weighted by molar-refractivity contribution is 8.24. The summed E-state index contributed by atoms with van der Waals surface area (Å²) in [4.78, 5) is 2.37. The lowest BCUT2D eigenvalue weighted by Crippen LogP contribution is -2.57. The third-order valence-corrected chi connectivity index (χ3v) is 7.77. The van der Waals surface area contributed by atoms with E-state index in [1.165, 1.54) is 12.1 Å². The molecule has 2 aromatic carbocycles. The molecule has 2 saturated heterocycles. The standard InChI is InChI=1S/C21H28FN3O3S/c1-15-10-17(6-7-20(15)26)13-24-9-8-21(12-16(24)2)14-23-29(27,28)25(21)19-5-3-4-18(22)11-19/h3-7,10-11,16,23,26-28H,8-9,12-14H2,1-2H3/t16-,21+/m0/s1. The predicted molar refractivity (Wildman–Crippen MR) is 114 cm³/mol. The zero-order valence-electron chi connectivity index (χ0n) is 16.7. The van der Waals surface area contributed by atoms with Gasteiger partial charge in [-0.25, -0.2) is 4.39 Å². The van der Waals surface area contributed by atoms with Crippen molar-refractivity contribution in [1.82, 2.24) is 9.62 Å². The Morgan fingerprint density at radius 3 is 2.72 bits per heavy atom. The molecular weight excluding hydrogens is 393 g/mol. The lowest BCUT2D eigenvalue weighted by molar-refractivity contribution is 0.106. The van der Waals surface area contributed by atoms with Gasteiger partial charge >= 0.3 is 0 Å². The van der Waals surface area contributed by atoms with Crippen molar-refractivity contribution >= 4 is 16.6 Å². The van der Waals surface area contributed by atoms with E-state index in [9.17, 15) is 18.6 Å². The lowest BCUT2D eigenvalue weighted by atomic mass is 9.83. The van der Waals surface area contributed by atoms with Crippen LogP contribution in [0.4, 0.5) is 10.1 Å². The molecule has 0 radical (unpaired) electrons. The van der Waals surface area contributed by atoms with Crippen LogP contribution in [0.1, 0.15) is 30.9 Å². The zero-order chi connectivity index (χ0) is 20.8. The molecule has 6 nitrogen and oxygen atoms in total. The van der Waals surface area contributed by atoms with Crippen LogP contribution in [0.3, 0.4) is 0 Å². The molecule has 2 heterocycles. The summed E-state index contributed by atoms with van der Waals surface area (Å²) in [5.41, 5.74) is 2.01. The van der Waals surface area contributed by atoms with Gasteiger partial charge in [-0.05, 0) is 62.1 Å². The van der Waals surface area contributed by atoms with Gasteiger partial charge in [0, 0.05) is 25.7 Å². The van der Waals surface area contributed by atoms with Gasteiger partial charge in [-0.15, -0.1) is 0 Å². The summed E-state index contributed by atoms with van der Waals surface area (Å²) in [6.07, 6.45) is 1.46. The number of halogens is 1. The van der Waals surface area contributed by atoms with Gasteiger partial charge in [0.25, 0.3) is 0 Å². The summed E-state index contributed by atoms with van der Waals surface area (Å²) in [5.74, 6) is -0.0969. The minimum atomic E-state index is -3.20. The van der Waals surface area contributed by atoms with Crippen LogP contribution in [-0.2, 0) is 6.54 Å². The molecule has 0 aromatic heterocycles. The summed E-state index contributed by atoms with van der Waals surface area (Å²) in [6, 6.07) is 11.9. The van der Waals surface area contributed by atoms with Crippen LogP contribution < -0.4 is 9.03 Å². The molecule has 0 bridgehead atoms. The maximum Gasteiger partial charge on any atom is 0.125 e. The van der Waals surface area contributed by atoms with E-state index in [0.717, 1.165) is 37.1 Å². The number of aryl methyl sites for hydroxylation is 1. The first kappa shape index (κ1) is 20.4. The molecule has 1 spiro atoms. The van der Waals surface area contributed by atoms with Crippen molar-refractivity contribution < 1.29 is 18.6 Å². The highest BCUT2D eigenvalue weighted by atomic mass is 32.3. The molecule has 0 saturated carbocycles. The van der Waals surface area contributed by atoms with Crippen LogP contribution >= 0.6 is 11.0 Å². The van der Waals surface area contributed by atoms with Crippen LogP contribution in [-0.4, -0.2) is 43.8 Å². The third kappa shape index (κ3) is 3.83. The minimum absolute atomic E-state index is 0.198. The summed E-state index contributed by atoms with van der Waals surface area (Å²) >= 11 is 0. The smallest absolute Gasteiger partial charge is 0.125 e. The first-order valence-corrected chi connectivity index (χ1v) is 11.3. The van der Waals surface area contributed by atoms with E-state index in [1.807, 2.05) is 19.1 Å². The van der Waals surface area contributed by atoms with Crippen molar-refractivity contribution in [3.63, 3.8) is 0 Å². The van der Waals surface area contributed by atoms with Gasteiger partial charge in [0.05, 0.1) is 11.2 Å². The molecule has 2 aliphatic heterocycles. The molecule has 8 heteroatoms. The second kappa shape index (κ2) is 7.45. The topological polar surface area (TPSA) is 79.2 Å². The third-order valence-electron chi connectivity index (χ3n) is 6.13. The number of nitrogens with one attached hydrogen (secondary N) is 1. The molecule has 0 unspecified atom stereocenters. The minimum Gasteiger partial charge on any atom is -0.508 e. The summed E-state index contributed by atoms with van der Waals surface area (Å²) in [6.45, 7) is 6.02. The molecule has 4 N–H and O–H groups in total. The quantitative estimate of drug-likeness (QED) is 0.593. The second-order valence-electron chi connectivity index (χ2n) is 8.23. The zero-order valence-corrected chi connectivity index (χ0v) is 17.5. The number of likely N-dealkylation sites (tertiary alicyclic amines) is 1. The van der Waals surface area contributed by atoms with Crippen molar-refractivity contribution in [2.75, 3.05) is 17.4 Å². The molecule has 0 aliphatic carbocycles. The van der Waals surface area contributed by atoms with Crippen molar-refractivity contribution in [2.24, 2.45) is 0 Å². The first-order chi connectivity index (χ1) is 13.7. The van der Waals surface area contributed by atoms with E-state index in [-0.39, 0.29) is 6.04 Å². The fourth-order valence-electron chi connectivity index (χ4n) is 4.64. The van der Waals surface area contributed by atoms with E-state index in [4.69, 9.17) is 0 Å². The number of hydrogen-bond acceptors (Lipinski definition) is 6. The second-order valence-corrected chi connectivity index (χ2v) is 9.92. The monoisotopic (exact) mass is 421 g/mol. The van der Waals surface area contributed by atoms with Crippen molar-refractivity contribution in [3.8, 4) is 5.75 Å². The van der Waals surface area contributed by atoms with Crippen LogP contribution in [0.15, 0.2) is 42.5 Å². The fourth-order valence-corrected chi connectivity index (χ4v) is 6.41. The number of rotatable bonds is 3. The Morgan fingerprint density at radius 2 is 2.03 bits per heavy atom. The van der Waals surface area contributed by atoms with Crippen LogP contribution in [0.2, 0.25) is 0 Å². The van der Waals surface area contributed by atoms with Gasteiger partial charge in [-0.1, -0.05) is 29.2 Å². The molecule has 2 aromatic rings. The summed E-state index contributed by atoms with van der Waals surface area (Å²) in [5, 5.41) is 9.75. The predicted octanol–water partition coefficient (Wildman–Crippen LogP) is 4.25. The largest absolute Gasteiger partial charge is 0.508 e. The Morgan fingerprint density at radius 1 is 1.24 bits per heavy atom. The molecule has 158 valence electrons. The van der Waals surface area contributed by atoms with Crippen molar-refractivity contribution in [1.29, 1.82) is 0 Å². The van der Waals surface area contributed by atoms with Gasteiger partial charge < -0.3 is 5.11 Å². The average molecular weight is 422 g/mol. The van der Waals surface area contributed by atoms with Crippen LogP contribution in [0, 0.1) is 12.7 Å². The Balaban J connectivity index is 1.56. The SMILES string of the molecule is Cc1cc(CN2CC[C@]3(CNS(O)(O)N3c3cccc(F)c3)C[C@@H]2C)ccc1O. The normalized spacial score (nSPS) is 28.0. The highest BCUT2D eigenvalue weighted by Crippen LogP contribution is 2.55.